The first-order valence-electron chi connectivity index (χ1n) is 13.1. The van der Waals surface area contributed by atoms with E-state index in [1.54, 1.807) is 18.2 Å². The third kappa shape index (κ3) is 4.78. The van der Waals surface area contributed by atoms with Crippen molar-refractivity contribution in [2.45, 2.75) is 93.3 Å². The monoisotopic (exact) mass is 562 g/mol. The van der Waals surface area contributed by atoms with Gasteiger partial charge < -0.3 is 15.7 Å². The zero-order valence-corrected chi connectivity index (χ0v) is 23.3. The van der Waals surface area contributed by atoms with Crippen LogP contribution >= 0.6 is 23.4 Å². The third-order valence-electron chi connectivity index (χ3n) is 8.14. The normalized spacial score (nSPS) is 31.0. The smallest absolute Gasteiger partial charge is 0.238 e. The molecule has 0 radical (unpaired) electrons. The highest BCUT2D eigenvalue weighted by Crippen LogP contribution is 2.60. The lowest BCUT2D eigenvalue weighted by Gasteiger charge is -2.38. The minimum atomic E-state index is -1.31. The molecule has 1 saturated carbocycles. The number of nitrogens with one attached hydrogen (secondary N) is 2. The van der Waals surface area contributed by atoms with E-state index >= 15 is 4.39 Å². The molecule has 5 nitrogen and oxygen atoms in total. The van der Waals surface area contributed by atoms with E-state index in [2.05, 4.69) is 31.4 Å². The van der Waals surface area contributed by atoms with Crippen molar-refractivity contribution >= 4 is 34.4 Å². The summed E-state index contributed by atoms with van der Waals surface area (Å²) < 4.78 is 30.0. The van der Waals surface area contributed by atoms with Gasteiger partial charge in [0.1, 0.15) is 11.6 Å². The summed E-state index contributed by atoms with van der Waals surface area (Å²) in [6.45, 7) is 6.16. The van der Waals surface area contributed by atoms with Crippen LogP contribution in [0.3, 0.4) is 0 Å². The Hall–Kier alpha value is -2.00. The standard InChI is InChI=1S/C29H33ClF2N2O3S/c1-28(2,3)14-22-29(19-12-7-15(31)13-21(19)38-27(29)37)23(18-5-4-6-20(30)24(18)32)25(34-22)26(36)33-16-8-10-17(35)11-9-16/h4-7,12-13,16-17,22-23,25,34-35H,8-11,14H2,1-3H3,(H,33,36). The molecular formula is C29H33ClF2N2O3S. The van der Waals surface area contributed by atoms with Crippen molar-refractivity contribution in [1.29, 1.82) is 0 Å². The summed E-state index contributed by atoms with van der Waals surface area (Å²) in [5, 5.41) is 16.1. The van der Waals surface area contributed by atoms with Crippen molar-refractivity contribution in [3.63, 3.8) is 0 Å². The van der Waals surface area contributed by atoms with Crippen molar-refractivity contribution < 1.29 is 23.5 Å². The first-order valence-corrected chi connectivity index (χ1v) is 14.3. The zero-order valence-electron chi connectivity index (χ0n) is 21.7. The maximum atomic E-state index is 15.8. The fourth-order valence-electron chi connectivity index (χ4n) is 6.52. The molecule has 2 fully saturated rings. The fourth-order valence-corrected chi connectivity index (χ4v) is 7.97. The number of rotatable bonds is 4. The molecular weight excluding hydrogens is 530 g/mol. The molecule has 3 N–H and O–H groups in total. The molecule has 1 aliphatic carbocycles. The van der Waals surface area contributed by atoms with E-state index < -0.39 is 35.1 Å². The maximum Gasteiger partial charge on any atom is 0.238 e. The molecule has 2 aromatic carbocycles. The van der Waals surface area contributed by atoms with Gasteiger partial charge in [0.25, 0.3) is 0 Å². The highest BCUT2D eigenvalue weighted by atomic mass is 35.5. The molecule has 38 heavy (non-hydrogen) atoms. The summed E-state index contributed by atoms with van der Waals surface area (Å²) in [6, 6.07) is 7.37. The molecule has 4 atom stereocenters. The quantitative estimate of drug-likeness (QED) is 0.461. The predicted octanol–water partition coefficient (Wildman–Crippen LogP) is 5.47. The van der Waals surface area contributed by atoms with Gasteiger partial charge in [0.15, 0.2) is 0 Å². The Morgan fingerprint density at radius 3 is 2.58 bits per heavy atom. The molecule has 3 aliphatic rings. The lowest BCUT2D eigenvalue weighted by molar-refractivity contribution is -0.124. The van der Waals surface area contributed by atoms with Crippen LogP contribution in [-0.4, -0.2) is 40.4 Å². The van der Waals surface area contributed by atoms with E-state index in [1.165, 1.54) is 18.2 Å². The van der Waals surface area contributed by atoms with Gasteiger partial charge in [0.05, 0.1) is 22.6 Å². The summed E-state index contributed by atoms with van der Waals surface area (Å²) >= 11 is 7.18. The van der Waals surface area contributed by atoms with Gasteiger partial charge in [-0.05, 0) is 66.8 Å². The maximum absolute atomic E-state index is 15.8. The number of thioether (sulfide) groups is 1. The number of hydrogen-bond acceptors (Lipinski definition) is 5. The second-order valence-electron chi connectivity index (χ2n) is 12.0. The van der Waals surface area contributed by atoms with Crippen molar-refractivity contribution in [1.82, 2.24) is 10.6 Å². The number of aliphatic hydroxyl groups is 1. The van der Waals surface area contributed by atoms with Gasteiger partial charge in [-0.25, -0.2) is 8.78 Å². The number of hydrogen-bond donors (Lipinski definition) is 3. The van der Waals surface area contributed by atoms with Crippen LogP contribution in [0, 0.1) is 17.0 Å². The lowest BCUT2D eigenvalue weighted by atomic mass is 9.62. The zero-order chi connectivity index (χ0) is 27.4. The van der Waals surface area contributed by atoms with Crippen LogP contribution in [0.25, 0.3) is 0 Å². The Morgan fingerprint density at radius 2 is 1.89 bits per heavy atom. The molecule has 0 aromatic heterocycles. The number of aliphatic hydroxyl groups excluding tert-OH is 1. The highest BCUT2D eigenvalue weighted by molar-refractivity contribution is 8.14. The molecule has 1 amide bonds. The van der Waals surface area contributed by atoms with Crippen LogP contribution in [0.5, 0.6) is 0 Å². The Labute approximate surface area is 231 Å². The lowest BCUT2D eigenvalue weighted by Crippen LogP contribution is -2.49. The van der Waals surface area contributed by atoms with Crippen molar-refractivity contribution in [2.24, 2.45) is 5.41 Å². The number of carbonyl (C=O) groups excluding carboxylic acids is 2. The Bertz CT molecular complexity index is 1260. The highest BCUT2D eigenvalue weighted by Gasteiger charge is 2.66. The first-order chi connectivity index (χ1) is 17.9. The Morgan fingerprint density at radius 1 is 1.18 bits per heavy atom. The van der Waals surface area contributed by atoms with Crippen molar-refractivity contribution in [3.05, 3.63) is 64.2 Å². The number of amides is 1. The molecule has 1 spiro atoms. The predicted molar refractivity (Wildman–Crippen MR) is 144 cm³/mol. The van der Waals surface area contributed by atoms with Crippen LogP contribution in [0.15, 0.2) is 41.3 Å². The summed E-state index contributed by atoms with van der Waals surface area (Å²) in [7, 11) is 0. The Balaban J connectivity index is 1.67. The van der Waals surface area contributed by atoms with E-state index in [0.717, 1.165) is 11.8 Å². The summed E-state index contributed by atoms with van der Waals surface area (Å²) in [6.07, 6.45) is 2.63. The van der Waals surface area contributed by atoms with Gasteiger partial charge in [-0.2, -0.15) is 0 Å². The minimum absolute atomic E-state index is 0.0882. The average Bonchev–Trinajstić information content (AvgIpc) is 3.31. The molecule has 204 valence electrons. The molecule has 9 heteroatoms. The molecule has 0 bridgehead atoms. The molecule has 1 saturated heterocycles. The van der Waals surface area contributed by atoms with E-state index in [1.807, 2.05) is 0 Å². The summed E-state index contributed by atoms with van der Waals surface area (Å²) in [5.41, 5.74) is -0.749. The SMILES string of the molecule is CC(C)(C)CC1NC(C(=O)NC2CCC(O)CC2)C(c2cccc(Cl)c2F)C12C(=O)Sc1cc(F)ccc12. The van der Waals surface area contributed by atoms with Gasteiger partial charge in [-0.1, -0.05) is 62.3 Å². The molecule has 2 heterocycles. The van der Waals surface area contributed by atoms with Crippen LogP contribution in [0.2, 0.25) is 5.02 Å². The summed E-state index contributed by atoms with van der Waals surface area (Å²) in [5.74, 6) is -2.35. The Kier molecular flexibility index (Phi) is 7.39. The first kappa shape index (κ1) is 27.6. The number of carbonyl (C=O) groups is 2. The van der Waals surface area contributed by atoms with Crippen LogP contribution in [0.1, 0.15) is 69.9 Å². The minimum Gasteiger partial charge on any atom is -0.393 e. The molecule has 2 aliphatic heterocycles. The number of fused-ring (bicyclic) bond motifs is 2. The molecule has 2 aromatic rings. The average molecular weight is 563 g/mol. The van der Waals surface area contributed by atoms with Gasteiger partial charge in [-0.15, -0.1) is 0 Å². The second kappa shape index (κ2) is 10.2. The fraction of sp³-hybridized carbons (Fsp3) is 0.517. The van der Waals surface area contributed by atoms with E-state index in [4.69, 9.17) is 11.6 Å². The van der Waals surface area contributed by atoms with Gasteiger partial charge in [0, 0.05) is 22.9 Å². The van der Waals surface area contributed by atoms with Crippen molar-refractivity contribution in [2.75, 3.05) is 0 Å². The second-order valence-corrected chi connectivity index (χ2v) is 13.4. The largest absolute Gasteiger partial charge is 0.393 e. The topological polar surface area (TPSA) is 78.4 Å². The van der Waals surface area contributed by atoms with Crippen LogP contribution in [0.4, 0.5) is 8.78 Å². The van der Waals surface area contributed by atoms with Crippen LogP contribution in [-0.2, 0) is 15.0 Å². The number of benzene rings is 2. The number of halogens is 3. The molecule has 5 rings (SSSR count). The van der Waals surface area contributed by atoms with Gasteiger partial charge in [0.2, 0.25) is 11.0 Å². The van der Waals surface area contributed by atoms with Crippen molar-refractivity contribution in [3.8, 4) is 0 Å². The van der Waals surface area contributed by atoms with Gasteiger partial charge in [-0.3, -0.25) is 9.59 Å². The third-order valence-corrected chi connectivity index (χ3v) is 9.52. The van der Waals surface area contributed by atoms with E-state index in [-0.39, 0.29) is 39.2 Å². The van der Waals surface area contributed by atoms with Gasteiger partial charge >= 0.3 is 0 Å². The van der Waals surface area contributed by atoms with E-state index in [9.17, 15) is 19.1 Å². The molecule has 4 unspecified atom stereocenters. The van der Waals surface area contributed by atoms with Crippen LogP contribution < -0.4 is 10.6 Å². The van der Waals surface area contributed by atoms with E-state index in [0.29, 0.717) is 42.6 Å². The summed E-state index contributed by atoms with van der Waals surface area (Å²) in [4.78, 5) is 28.5.